The molecular formula is C11H20O3. The van der Waals surface area contributed by atoms with Crippen LogP contribution in [-0.4, -0.2) is 32.2 Å². The van der Waals surface area contributed by atoms with Crippen LogP contribution in [0.1, 0.15) is 32.6 Å². The van der Waals surface area contributed by atoms with Crippen LogP contribution in [0.25, 0.3) is 0 Å². The maximum atomic E-state index is 5.90. The molecule has 0 aromatic rings. The minimum Gasteiger partial charge on any atom is -0.379 e. The van der Waals surface area contributed by atoms with Crippen LogP contribution >= 0.6 is 0 Å². The Labute approximate surface area is 85.7 Å². The Balaban J connectivity index is 1.76. The van der Waals surface area contributed by atoms with E-state index in [9.17, 15) is 0 Å². The third-order valence-corrected chi connectivity index (χ3v) is 3.10. The Morgan fingerprint density at radius 1 is 1.14 bits per heavy atom. The molecule has 0 aromatic heterocycles. The van der Waals surface area contributed by atoms with Crippen molar-refractivity contribution < 1.29 is 14.2 Å². The largest absolute Gasteiger partial charge is 0.379 e. The van der Waals surface area contributed by atoms with E-state index >= 15 is 0 Å². The summed E-state index contributed by atoms with van der Waals surface area (Å²) in [5.74, 6) is 0.606. The van der Waals surface area contributed by atoms with Gasteiger partial charge in [0.05, 0.1) is 12.7 Å². The molecule has 2 rings (SSSR count). The van der Waals surface area contributed by atoms with Crippen molar-refractivity contribution in [2.75, 3.05) is 19.8 Å². The van der Waals surface area contributed by atoms with Crippen LogP contribution in [0.2, 0.25) is 0 Å². The number of hydrogen-bond acceptors (Lipinski definition) is 3. The zero-order valence-electron chi connectivity index (χ0n) is 8.91. The monoisotopic (exact) mass is 200 g/mol. The third-order valence-electron chi connectivity index (χ3n) is 3.10. The molecule has 3 nitrogen and oxygen atoms in total. The van der Waals surface area contributed by atoms with Crippen LogP contribution < -0.4 is 0 Å². The topological polar surface area (TPSA) is 27.7 Å². The molecule has 0 aromatic carbocycles. The minimum absolute atomic E-state index is 0.0258. The second kappa shape index (κ2) is 5.10. The van der Waals surface area contributed by atoms with Gasteiger partial charge in [0.1, 0.15) is 0 Å². The van der Waals surface area contributed by atoms with E-state index in [-0.39, 0.29) is 12.4 Å². The van der Waals surface area contributed by atoms with E-state index in [1.54, 1.807) is 0 Å². The van der Waals surface area contributed by atoms with E-state index in [2.05, 4.69) is 6.92 Å². The molecular weight excluding hydrogens is 180 g/mol. The standard InChI is InChI=1S/C11H20O3/c1-9-5-7-12-8-10(9)14-11-4-2-3-6-13-11/h9-11H,2-8H2,1H3. The summed E-state index contributed by atoms with van der Waals surface area (Å²) in [5, 5.41) is 0. The second-order valence-electron chi connectivity index (χ2n) is 4.31. The SMILES string of the molecule is CC1CCOCC1OC1CCCCO1. The van der Waals surface area contributed by atoms with E-state index in [0.29, 0.717) is 5.92 Å². The molecule has 0 saturated carbocycles. The van der Waals surface area contributed by atoms with E-state index in [1.807, 2.05) is 0 Å². The zero-order chi connectivity index (χ0) is 9.80. The first-order chi connectivity index (χ1) is 6.86. The summed E-state index contributed by atoms with van der Waals surface area (Å²) in [7, 11) is 0. The van der Waals surface area contributed by atoms with Gasteiger partial charge in [-0.15, -0.1) is 0 Å². The van der Waals surface area contributed by atoms with E-state index < -0.39 is 0 Å². The molecule has 2 aliphatic rings. The van der Waals surface area contributed by atoms with E-state index in [0.717, 1.165) is 32.7 Å². The fraction of sp³-hybridized carbons (Fsp3) is 1.00. The van der Waals surface area contributed by atoms with Crippen molar-refractivity contribution in [3.05, 3.63) is 0 Å². The predicted octanol–water partition coefficient (Wildman–Crippen LogP) is 1.95. The first-order valence-electron chi connectivity index (χ1n) is 5.71. The number of hydrogen-bond donors (Lipinski definition) is 0. The average Bonchev–Trinajstić information content (AvgIpc) is 2.23. The van der Waals surface area contributed by atoms with Crippen LogP contribution in [-0.2, 0) is 14.2 Å². The molecule has 0 radical (unpaired) electrons. The molecule has 0 amide bonds. The minimum atomic E-state index is 0.0258. The molecule has 3 unspecified atom stereocenters. The summed E-state index contributed by atoms with van der Waals surface area (Å²) >= 11 is 0. The Morgan fingerprint density at radius 2 is 2.07 bits per heavy atom. The first kappa shape index (κ1) is 10.4. The van der Waals surface area contributed by atoms with Crippen LogP contribution in [0.3, 0.4) is 0 Å². The molecule has 14 heavy (non-hydrogen) atoms. The summed E-state index contributed by atoms with van der Waals surface area (Å²) < 4.78 is 16.9. The van der Waals surface area contributed by atoms with Gasteiger partial charge in [-0.25, -0.2) is 0 Å². The summed E-state index contributed by atoms with van der Waals surface area (Å²) in [6, 6.07) is 0. The van der Waals surface area contributed by atoms with Gasteiger partial charge in [-0.2, -0.15) is 0 Å². The Hall–Kier alpha value is -0.120. The van der Waals surface area contributed by atoms with Gasteiger partial charge in [0.2, 0.25) is 0 Å². The van der Waals surface area contributed by atoms with Crippen molar-refractivity contribution in [1.82, 2.24) is 0 Å². The van der Waals surface area contributed by atoms with Crippen molar-refractivity contribution in [1.29, 1.82) is 0 Å². The Kier molecular flexibility index (Phi) is 3.79. The predicted molar refractivity (Wildman–Crippen MR) is 53.1 cm³/mol. The fourth-order valence-electron chi connectivity index (χ4n) is 2.01. The van der Waals surface area contributed by atoms with Gasteiger partial charge in [-0.1, -0.05) is 6.92 Å². The summed E-state index contributed by atoms with van der Waals surface area (Å²) in [6.45, 7) is 4.70. The average molecular weight is 200 g/mol. The van der Waals surface area contributed by atoms with Crippen molar-refractivity contribution in [2.45, 2.75) is 45.0 Å². The van der Waals surface area contributed by atoms with Crippen molar-refractivity contribution >= 4 is 0 Å². The van der Waals surface area contributed by atoms with Gasteiger partial charge in [0.25, 0.3) is 0 Å². The molecule has 3 atom stereocenters. The van der Waals surface area contributed by atoms with Gasteiger partial charge < -0.3 is 14.2 Å². The highest BCUT2D eigenvalue weighted by Gasteiger charge is 2.26. The van der Waals surface area contributed by atoms with Crippen molar-refractivity contribution in [3.63, 3.8) is 0 Å². The summed E-state index contributed by atoms with van der Waals surface area (Å²) in [6.07, 6.45) is 4.83. The zero-order valence-corrected chi connectivity index (χ0v) is 8.91. The lowest BCUT2D eigenvalue weighted by atomic mass is 10.00. The molecule has 2 heterocycles. The smallest absolute Gasteiger partial charge is 0.158 e. The maximum absolute atomic E-state index is 5.90. The maximum Gasteiger partial charge on any atom is 0.158 e. The van der Waals surface area contributed by atoms with Crippen LogP contribution in [0.5, 0.6) is 0 Å². The van der Waals surface area contributed by atoms with Gasteiger partial charge in [0, 0.05) is 13.2 Å². The highest BCUT2D eigenvalue weighted by atomic mass is 16.7. The van der Waals surface area contributed by atoms with Crippen LogP contribution in [0, 0.1) is 5.92 Å². The fourth-order valence-corrected chi connectivity index (χ4v) is 2.01. The molecule has 2 aliphatic heterocycles. The second-order valence-corrected chi connectivity index (χ2v) is 4.31. The molecule has 0 aliphatic carbocycles. The Morgan fingerprint density at radius 3 is 2.79 bits per heavy atom. The normalized spacial score (nSPS) is 39.6. The first-order valence-corrected chi connectivity index (χ1v) is 5.71. The molecule has 2 fully saturated rings. The summed E-state index contributed by atoms with van der Waals surface area (Å²) in [5.41, 5.74) is 0. The molecule has 82 valence electrons. The van der Waals surface area contributed by atoms with E-state index in [4.69, 9.17) is 14.2 Å². The van der Waals surface area contributed by atoms with Crippen molar-refractivity contribution in [3.8, 4) is 0 Å². The van der Waals surface area contributed by atoms with Gasteiger partial charge in [0.15, 0.2) is 6.29 Å². The van der Waals surface area contributed by atoms with Crippen LogP contribution in [0.4, 0.5) is 0 Å². The lowest BCUT2D eigenvalue weighted by Crippen LogP contribution is -2.38. The number of ether oxygens (including phenoxy) is 3. The third kappa shape index (κ3) is 2.69. The molecule has 2 saturated heterocycles. The van der Waals surface area contributed by atoms with E-state index in [1.165, 1.54) is 12.8 Å². The number of rotatable bonds is 2. The molecule has 0 bridgehead atoms. The Bertz CT molecular complexity index is 166. The highest BCUT2D eigenvalue weighted by Crippen LogP contribution is 2.22. The van der Waals surface area contributed by atoms with Crippen LogP contribution in [0.15, 0.2) is 0 Å². The highest BCUT2D eigenvalue weighted by molar-refractivity contribution is 4.71. The molecule has 0 N–H and O–H groups in total. The quantitative estimate of drug-likeness (QED) is 0.682. The van der Waals surface area contributed by atoms with Gasteiger partial charge >= 0.3 is 0 Å². The lowest BCUT2D eigenvalue weighted by Gasteiger charge is -2.33. The summed E-state index contributed by atoms with van der Waals surface area (Å²) in [4.78, 5) is 0. The van der Waals surface area contributed by atoms with Gasteiger partial charge in [-0.05, 0) is 31.6 Å². The molecule has 0 spiro atoms. The lowest BCUT2D eigenvalue weighted by molar-refractivity contribution is -0.217. The van der Waals surface area contributed by atoms with Crippen molar-refractivity contribution in [2.24, 2.45) is 5.92 Å². The molecule has 3 heteroatoms. The van der Waals surface area contributed by atoms with Gasteiger partial charge in [-0.3, -0.25) is 0 Å².